The molecule has 0 unspecified atom stereocenters. The number of hydrogen-bond donors (Lipinski definition) is 0. The maximum atomic E-state index is 5.66. The van der Waals surface area contributed by atoms with Crippen LogP contribution in [0.2, 0.25) is 0 Å². The van der Waals surface area contributed by atoms with Crippen molar-refractivity contribution in [2.45, 2.75) is 239 Å². The summed E-state index contributed by atoms with van der Waals surface area (Å²) in [6.45, 7) is 40.8. The highest BCUT2D eigenvalue weighted by molar-refractivity contribution is 5.84. The number of piperidine rings is 4. The van der Waals surface area contributed by atoms with Crippen molar-refractivity contribution in [2.75, 3.05) is 13.1 Å². The molecular weight excluding hydrogens is 576 g/mol. The summed E-state index contributed by atoms with van der Waals surface area (Å²) in [6.07, 6.45) is 15.7. The molecule has 0 radical (unpaired) electrons. The SMILES string of the molecule is CC1(C)CCCC(C)(C)N1C(=NCCCN=C(N1C(C)(C)CCCC1(C)C)N1C(C)(C)CCCC1(C)C)N1C(C)(C)CCCC1(C)C. The Morgan fingerprint density at radius 2 is 0.511 bits per heavy atom. The Kier molecular flexibility index (Phi) is 10.4. The molecule has 4 fully saturated rings. The topological polar surface area (TPSA) is 37.7 Å². The molecule has 0 spiro atoms. The first kappa shape index (κ1) is 38.3. The molecular formula is C41H78N6. The van der Waals surface area contributed by atoms with Gasteiger partial charge >= 0.3 is 0 Å². The van der Waals surface area contributed by atoms with E-state index in [1.807, 2.05) is 0 Å². The van der Waals surface area contributed by atoms with Crippen LogP contribution in [0.4, 0.5) is 0 Å². The fourth-order valence-corrected chi connectivity index (χ4v) is 11.1. The van der Waals surface area contributed by atoms with Crippen molar-refractivity contribution >= 4 is 11.9 Å². The van der Waals surface area contributed by atoms with E-state index in [4.69, 9.17) is 9.98 Å². The number of aliphatic imine (C=N–C) groups is 2. The average Bonchev–Trinajstić information content (AvgIpc) is 2.83. The van der Waals surface area contributed by atoms with Crippen LogP contribution in [0.15, 0.2) is 9.98 Å². The zero-order chi connectivity index (χ0) is 35.5. The van der Waals surface area contributed by atoms with Gasteiger partial charge in [-0.2, -0.15) is 0 Å². The third kappa shape index (κ3) is 7.67. The van der Waals surface area contributed by atoms with Crippen LogP contribution in [0.25, 0.3) is 0 Å². The largest absolute Gasteiger partial charge is 0.333 e. The third-order valence-electron chi connectivity index (χ3n) is 12.8. The number of hydrogen-bond acceptors (Lipinski definition) is 2. The number of guanidine groups is 2. The lowest BCUT2D eigenvalue weighted by Crippen LogP contribution is -2.71. The smallest absolute Gasteiger partial charge is 0.198 e. The average molecular weight is 655 g/mol. The highest BCUT2D eigenvalue weighted by atomic mass is 15.5. The van der Waals surface area contributed by atoms with Crippen LogP contribution in [-0.2, 0) is 0 Å². The second-order valence-electron chi connectivity index (χ2n) is 21.0. The standard InChI is InChI=1S/C41H78N6/c1-34(2)22-17-23-35(3,4)44(34)32(45-36(5,6)24-18-25-37(45,7)8)42-30-21-31-43-33(46-38(9,10)26-19-27-39(46,11)12)47-40(13,14)28-20-29-41(47,15)16/h17-31H2,1-16H3. The van der Waals surface area contributed by atoms with Crippen LogP contribution in [0.3, 0.4) is 0 Å². The maximum absolute atomic E-state index is 5.66. The third-order valence-corrected chi connectivity index (χ3v) is 12.8. The summed E-state index contributed by atoms with van der Waals surface area (Å²) >= 11 is 0. The van der Waals surface area contributed by atoms with Crippen molar-refractivity contribution in [2.24, 2.45) is 9.98 Å². The van der Waals surface area contributed by atoms with E-state index in [9.17, 15) is 0 Å². The van der Waals surface area contributed by atoms with E-state index in [2.05, 4.69) is 130 Å². The minimum Gasteiger partial charge on any atom is -0.333 e. The van der Waals surface area contributed by atoms with Crippen molar-refractivity contribution in [3.05, 3.63) is 0 Å². The molecule has 272 valence electrons. The van der Waals surface area contributed by atoms with Crippen LogP contribution in [0.1, 0.15) is 194 Å². The molecule has 6 heteroatoms. The maximum Gasteiger partial charge on any atom is 0.198 e. The molecule has 0 bridgehead atoms. The van der Waals surface area contributed by atoms with Gasteiger partial charge in [-0.05, 0) is 194 Å². The van der Waals surface area contributed by atoms with Gasteiger partial charge in [0.15, 0.2) is 11.9 Å². The van der Waals surface area contributed by atoms with Crippen molar-refractivity contribution in [1.82, 2.24) is 19.6 Å². The van der Waals surface area contributed by atoms with Gasteiger partial charge in [-0.15, -0.1) is 0 Å². The van der Waals surface area contributed by atoms with E-state index in [0.29, 0.717) is 0 Å². The van der Waals surface area contributed by atoms with Crippen LogP contribution < -0.4 is 0 Å². The fourth-order valence-electron chi connectivity index (χ4n) is 11.1. The second kappa shape index (κ2) is 12.7. The lowest BCUT2D eigenvalue weighted by Gasteiger charge is -2.62. The molecule has 6 nitrogen and oxygen atoms in total. The van der Waals surface area contributed by atoms with Crippen molar-refractivity contribution in [3.63, 3.8) is 0 Å². The second-order valence-corrected chi connectivity index (χ2v) is 21.0. The van der Waals surface area contributed by atoms with Crippen molar-refractivity contribution in [1.29, 1.82) is 0 Å². The Bertz CT molecular complexity index is 932. The molecule has 0 saturated carbocycles. The zero-order valence-corrected chi connectivity index (χ0v) is 34.3. The first-order valence-corrected chi connectivity index (χ1v) is 19.6. The Balaban J connectivity index is 1.74. The molecule has 0 N–H and O–H groups in total. The van der Waals surface area contributed by atoms with E-state index >= 15 is 0 Å². The predicted octanol–water partition coefficient (Wildman–Crippen LogP) is 10.3. The summed E-state index contributed by atoms with van der Waals surface area (Å²) in [6, 6.07) is 0. The highest BCUT2D eigenvalue weighted by Gasteiger charge is 2.52. The summed E-state index contributed by atoms with van der Waals surface area (Å²) in [7, 11) is 0. The van der Waals surface area contributed by atoms with E-state index < -0.39 is 0 Å². The van der Waals surface area contributed by atoms with E-state index in [0.717, 1.165) is 19.5 Å². The Morgan fingerprint density at radius 3 is 0.681 bits per heavy atom. The van der Waals surface area contributed by atoms with Crippen LogP contribution in [0, 0.1) is 0 Å². The van der Waals surface area contributed by atoms with Gasteiger partial charge in [-0.1, -0.05) is 0 Å². The highest BCUT2D eigenvalue weighted by Crippen LogP contribution is 2.46. The number of nitrogens with zero attached hydrogens (tertiary/aromatic N) is 6. The molecule has 0 aromatic carbocycles. The molecule has 4 heterocycles. The Hall–Kier alpha value is -1.46. The van der Waals surface area contributed by atoms with Crippen LogP contribution in [0.5, 0.6) is 0 Å². The fraction of sp³-hybridized carbons (Fsp3) is 0.951. The first-order valence-electron chi connectivity index (χ1n) is 19.6. The van der Waals surface area contributed by atoms with Crippen LogP contribution in [-0.4, -0.2) is 88.9 Å². The number of likely N-dealkylation sites (tertiary alicyclic amines) is 4. The monoisotopic (exact) mass is 655 g/mol. The van der Waals surface area contributed by atoms with E-state index in [-0.39, 0.29) is 44.3 Å². The molecule has 4 rings (SSSR count). The molecule has 0 aromatic rings. The van der Waals surface area contributed by atoms with Gasteiger partial charge in [0.2, 0.25) is 0 Å². The summed E-state index contributed by atoms with van der Waals surface area (Å²) in [5, 5.41) is 0. The normalized spacial score (nSPS) is 28.4. The lowest BCUT2D eigenvalue weighted by atomic mass is 9.77. The summed E-state index contributed by atoms with van der Waals surface area (Å²) < 4.78 is 0. The summed E-state index contributed by atoms with van der Waals surface area (Å²) in [4.78, 5) is 22.3. The Labute approximate surface area is 292 Å². The van der Waals surface area contributed by atoms with Gasteiger partial charge in [0.1, 0.15) is 0 Å². The van der Waals surface area contributed by atoms with Gasteiger partial charge < -0.3 is 19.6 Å². The van der Waals surface area contributed by atoms with Gasteiger partial charge in [-0.3, -0.25) is 9.98 Å². The summed E-state index contributed by atoms with van der Waals surface area (Å²) in [5.74, 6) is 2.46. The number of rotatable bonds is 4. The molecule has 4 saturated heterocycles. The lowest BCUT2D eigenvalue weighted by molar-refractivity contribution is -0.0212. The summed E-state index contributed by atoms with van der Waals surface area (Å²) in [5.41, 5.74) is 0.495. The molecule has 0 amide bonds. The van der Waals surface area contributed by atoms with E-state index in [1.165, 1.54) is 89.0 Å². The molecule has 4 aliphatic rings. The van der Waals surface area contributed by atoms with Crippen LogP contribution >= 0.6 is 0 Å². The minimum absolute atomic E-state index is 0.0619. The van der Waals surface area contributed by atoms with Gasteiger partial charge in [0.05, 0.1) is 0 Å². The van der Waals surface area contributed by atoms with Crippen molar-refractivity contribution < 1.29 is 0 Å². The molecule has 0 aromatic heterocycles. The first-order chi connectivity index (χ1) is 21.3. The molecule has 47 heavy (non-hydrogen) atoms. The predicted molar refractivity (Wildman–Crippen MR) is 205 cm³/mol. The Morgan fingerprint density at radius 1 is 0.340 bits per heavy atom. The molecule has 0 atom stereocenters. The van der Waals surface area contributed by atoms with E-state index in [1.54, 1.807) is 0 Å². The van der Waals surface area contributed by atoms with Gasteiger partial charge in [-0.25, -0.2) is 0 Å². The van der Waals surface area contributed by atoms with Gasteiger partial charge in [0.25, 0.3) is 0 Å². The quantitative estimate of drug-likeness (QED) is 0.172. The molecule has 4 aliphatic heterocycles. The molecule has 0 aliphatic carbocycles. The van der Waals surface area contributed by atoms with Gasteiger partial charge in [0, 0.05) is 57.4 Å². The minimum atomic E-state index is 0.0619. The van der Waals surface area contributed by atoms with Crippen molar-refractivity contribution in [3.8, 4) is 0 Å². The zero-order valence-electron chi connectivity index (χ0n) is 34.3.